The van der Waals surface area contributed by atoms with Gasteiger partial charge in [-0.2, -0.15) is 0 Å². The molecule has 118 valence electrons. The number of rotatable bonds is 10. The lowest BCUT2D eigenvalue weighted by atomic mass is 10.1. The van der Waals surface area contributed by atoms with Gasteiger partial charge in [0.05, 0.1) is 13.2 Å². The minimum atomic E-state index is -0.209. The van der Waals surface area contributed by atoms with Crippen molar-refractivity contribution in [1.29, 1.82) is 0 Å². The average Bonchev–Trinajstić information content (AvgIpc) is 2.46. The molecule has 4 nitrogen and oxygen atoms in total. The molecule has 0 aliphatic heterocycles. The highest BCUT2D eigenvalue weighted by atomic mass is 16.5. The summed E-state index contributed by atoms with van der Waals surface area (Å²) in [5.41, 5.74) is 0.927. The summed E-state index contributed by atoms with van der Waals surface area (Å²) in [6.07, 6.45) is 5.43. The molecule has 0 amide bonds. The number of phenolic OH excluding ortho intramolecular Hbond substituents is 1. The van der Waals surface area contributed by atoms with Gasteiger partial charge in [0, 0.05) is 12.5 Å². The monoisotopic (exact) mass is 294 g/mol. The number of carbonyl (C=O) groups excluding carboxylic acids is 1. The van der Waals surface area contributed by atoms with E-state index in [4.69, 9.17) is 9.47 Å². The maximum atomic E-state index is 11.4. The van der Waals surface area contributed by atoms with Crippen molar-refractivity contribution in [3.63, 3.8) is 0 Å². The van der Waals surface area contributed by atoms with Crippen LogP contribution in [0, 0.1) is 0 Å². The van der Waals surface area contributed by atoms with E-state index >= 15 is 0 Å². The number of esters is 1. The summed E-state index contributed by atoms with van der Waals surface area (Å²) in [6.45, 7) is 5.00. The molecule has 0 fully saturated rings. The molecule has 0 bridgehead atoms. The fourth-order valence-corrected chi connectivity index (χ4v) is 2.06. The molecule has 4 heteroatoms. The standard InChI is InChI=1S/C17H26O4/c1-3-5-6-7-12-21-16-13-15(18)10-8-14(16)9-11-17(19)20-4-2/h8,10,13,18H,3-7,9,11-12H2,1-2H3. The molecule has 0 heterocycles. The van der Waals surface area contributed by atoms with E-state index in [2.05, 4.69) is 6.92 Å². The van der Waals surface area contributed by atoms with Crippen LogP contribution >= 0.6 is 0 Å². The van der Waals surface area contributed by atoms with Gasteiger partial charge in [-0.3, -0.25) is 4.79 Å². The average molecular weight is 294 g/mol. The number of carbonyl (C=O) groups is 1. The predicted octanol–water partition coefficient (Wildman–Crippen LogP) is 3.85. The highest BCUT2D eigenvalue weighted by Gasteiger charge is 2.09. The van der Waals surface area contributed by atoms with Crippen LogP contribution in [-0.2, 0) is 16.0 Å². The molecule has 0 aromatic heterocycles. The van der Waals surface area contributed by atoms with Crippen molar-refractivity contribution >= 4 is 5.97 Å². The highest BCUT2D eigenvalue weighted by molar-refractivity contribution is 5.69. The summed E-state index contributed by atoms with van der Waals surface area (Å²) in [5.74, 6) is 0.633. The van der Waals surface area contributed by atoms with E-state index in [9.17, 15) is 9.90 Å². The fourth-order valence-electron chi connectivity index (χ4n) is 2.06. The van der Waals surface area contributed by atoms with Crippen molar-refractivity contribution < 1.29 is 19.4 Å². The smallest absolute Gasteiger partial charge is 0.306 e. The van der Waals surface area contributed by atoms with Crippen molar-refractivity contribution in [3.8, 4) is 11.5 Å². The van der Waals surface area contributed by atoms with Crippen molar-refractivity contribution in [1.82, 2.24) is 0 Å². The molecular formula is C17H26O4. The van der Waals surface area contributed by atoms with E-state index < -0.39 is 0 Å². The minimum absolute atomic E-state index is 0.179. The Morgan fingerprint density at radius 1 is 1.19 bits per heavy atom. The van der Waals surface area contributed by atoms with Gasteiger partial charge < -0.3 is 14.6 Å². The molecule has 0 saturated carbocycles. The lowest BCUT2D eigenvalue weighted by Gasteiger charge is -2.12. The summed E-state index contributed by atoms with van der Waals surface area (Å²) in [5, 5.41) is 9.57. The van der Waals surface area contributed by atoms with Crippen molar-refractivity contribution in [3.05, 3.63) is 23.8 Å². The second-order valence-corrected chi connectivity index (χ2v) is 5.01. The van der Waals surface area contributed by atoms with Gasteiger partial charge in [-0.15, -0.1) is 0 Å². The van der Waals surface area contributed by atoms with Gasteiger partial charge in [-0.05, 0) is 31.4 Å². The number of aryl methyl sites for hydroxylation is 1. The minimum Gasteiger partial charge on any atom is -0.508 e. The largest absolute Gasteiger partial charge is 0.508 e. The Bertz CT molecular complexity index is 429. The van der Waals surface area contributed by atoms with Crippen LogP contribution in [0.5, 0.6) is 11.5 Å². The molecule has 0 atom stereocenters. The van der Waals surface area contributed by atoms with Crippen molar-refractivity contribution in [2.45, 2.75) is 52.4 Å². The Kier molecular flexibility index (Phi) is 8.32. The molecule has 0 saturated heterocycles. The molecular weight excluding hydrogens is 268 g/mol. The van der Waals surface area contributed by atoms with E-state index in [0.29, 0.717) is 31.8 Å². The van der Waals surface area contributed by atoms with Gasteiger partial charge in [0.25, 0.3) is 0 Å². The fraction of sp³-hybridized carbons (Fsp3) is 0.588. The quantitative estimate of drug-likeness (QED) is 0.526. The Labute approximate surface area is 127 Å². The normalized spacial score (nSPS) is 10.4. The topological polar surface area (TPSA) is 55.8 Å². The third-order valence-corrected chi connectivity index (χ3v) is 3.21. The van der Waals surface area contributed by atoms with Gasteiger partial charge in [-0.25, -0.2) is 0 Å². The Hall–Kier alpha value is -1.71. The lowest BCUT2D eigenvalue weighted by molar-refractivity contribution is -0.143. The maximum absolute atomic E-state index is 11.4. The first-order chi connectivity index (χ1) is 10.2. The number of aromatic hydroxyl groups is 1. The predicted molar refractivity (Wildman–Crippen MR) is 82.7 cm³/mol. The van der Waals surface area contributed by atoms with E-state index in [1.54, 1.807) is 25.1 Å². The Morgan fingerprint density at radius 2 is 2.00 bits per heavy atom. The molecule has 0 spiro atoms. The van der Waals surface area contributed by atoms with Crippen LogP contribution in [0.25, 0.3) is 0 Å². The van der Waals surface area contributed by atoms with E-state index in [1.165, 1.54) is 12.8 Å². The molecule has 0 aliphatic rings. The van der Waals surface area contributed by atoms with Crippen LogP contribution in [0.15, 0.2) is 18.2 Å². The number of phenols is 1. The number of benzene rings is 1. The van der Waals surface area contributed by atoms with Crippen LogP contribution in [0.2, 0.25) is 0 Å². The number of ether oxygens (including phenoxy) is 2. The molecule has 0 radical (unpaired) electrons. The summed E-state index contributed by atoms with van der Waals surface area (Å²) in [6, 6.07) is 5.03. The SMILES string of the molecule is CCCCCCOc1cc(O)ccc1CCC(=O)OCC. The number of hydrogen-bond acceptors (Lipinski definition) is 4. The summed E-state index contributed by atoms with van der Waals surface area (Å²) in [7, 11) is 0. The summed E-state index contributed by atoms with van der Waals surface area (Å²) >= 11 is 0. The van der Waals surface area contributed by atoms with Crippen LogP contribution in [0.4, 0.5) is 0 Å². The van der Waals surface area contributed by atoms with Crippen LogP contribution in [0.1, 0.15) is 51.5 Å². The molecule has 0 aliphatic carbocycles. The van der Waals surface area contributed by atoms with E-state index in [-0.39, 0.29) is 11.7 Å². The van der Waals surface area contributed by atoms with Gasteiger partial charge in [-0.1, -0.05) is 32.3 Å². The Morgan fingerprint density at radius 3 is 2.71 bits per heavy atom. The zero-order valence-corrected chi connectivity index (χ0v) is 13.1. The van der Waals surface area contributed by atoms with Gasteiger partial charge in [0.2, 0.25) is 0 Å². The van der Waals surface area contributed by atoms with Gasteiger partial charge >= 0.3 is 5.97 Å². The zero-order valence-electron chi connectivity index (χ0n) is 13.1. The maximum Gasteiger partial charge on any atom is 0.306 e. The molecule has 1 aromatic rings. The number of hydrogen-bond donors (Lipinski definition) is 1. The first-order valence-electron chi connectivity index (χ1n) is 7.77. The van der Waals surface area contributed by atoms with Gasteiger partial charge in [0.1, 0.15) is 11.5 Å². The highest BCUT2D eigenvalue weighted by Crippen LogP contribution is 2.25. The van der Waals surface area contributed by atoms with E-state index in [0.717, 1.165) is 18.4 Å². The Balaban J connectivity index is 2.52. The van der Waals surface area contributed by atoms with Gasteiger partial charge in [0.15, 0.2) is 0 Å². The van der Waals surface area contributed by atoms with Crippen LogP contribution in [-0.4, -0.2) is 24.3 Å². The van der Waals surface area contributed by atoms with Crippen molar-refractivity contribution in [2.75, 3.05) is 13.2 Å². The molecule has 1 N–H and O–H groups in total. The summed E-state index contributed by atoms with van der Waals surface area (Å²) < 4.78 is 10.7. The number of unbranched alkanes of at least 4 members (excludes halogenated alkanes) is 3. The van der Waals surface area contributed by atoms with Crippen LogP contribution < -0.4 is 4.74 Å². The van der Waals surface area contributed by atoms with Crippen LogP contribution in [0.3, 0.4) is 0 Å². The lowest BCUT2D eigenvalue weighted by Crippen LogP contribution is -2.06. The zero-order chi connectivity index (χ0) is 15.5. The second-order valence-electron chi connectivity index (χ2n) is 5.01. The second kappa shape index (κ2) is 10.1. The van der Waals surface area contributed by atoms with E-state index in [1.807, 2.05) is 0 Å². The van der Waals surface area contributed by atoms with Crippen molar-refractivity contribution in [2.24, 2.45) is 0 Å². The molecule has 0 unspecified atom stereocenters. The molecule has 1 rings (SSSR count). The summed E-state index contributed by atoms with van der Waals surface area (Å²) in [4.78, 5) is 11.4. The third kappa shape index (κ3) is 7.02. The molecule has 21 heavy (non-hydrogen) atoms. The first-order valence-corrected chi connectivity index (χ1v) is 7.77. The third-order valence-electron chi connectivity index (χ3n) is 3.21. The first kappa shape index (κ1) is 17.3. The molecule has 1 aromatic carbocycles.